The first kappa shape index (κ1) is 35.8. The number of alkyl halides is 6. The molecule has 6 rings (SSSR count). The average molecular weight is 719 g/mol. The van der Waals surface area contributed by atoms with Gasteiger partial charge in [-0.05, 0) is 63.0 Å². The topological polar surface area (TPSA) is 141 Å². The molecule has 0 saturated carbocycles. The van der Waals surface area contributed by atoms with Gasteiger partial charge in [0.05, 0.1) is 23.9 Å². The SMILES string of the molecule is CC(C)(C)OC(=O)N1CCN([C@@H](Cc2ccc(C(F)(F)F)cc2)C2=CC=C(C(F)(F)F)C(=C3N=C(N)C4=NC=NC4N3Cc3cn[nH]n3)C2)CC1. The number of nitrogens with zero attached hydrogens (tertiary/aromatic N) is 8. The summed E-state index contributed by atoms with van der Waals surface area (Å²) >= 11 is 0. The van der Waals surface area contributed by atoms with Gasteiger partial charge in [-0.15, -0.1) is 0 Å². The standard InChI is InChI=1S/C33H36F6N10O2/c1-31(2,3)51-30(50)48-12-10-47(11-13-48)25(14-19-4-7-21(8-5-19)32(34,35)36)20-6-9-24(33(37,38)39)23(15-20)28-44-27(40)26-29(42-18-41-26)49(28)17-22-16-43-46-45-22/h4-9,16,18,25,29H,10-15,17H2,1-3H3,(H2,40,44)(H,43,45,46)/t25-,29?/m0/s1. The number of nitrogens with one attached hydrogen (secondary N) is 1. The van der Waals surface area contributed by atoms with Gasteiger partial charge in [0.1, 0.15) is 29.2 Å². The molecule has 1 aromatic heterocycles. The number of aromatic amines is 1. The highest BCUT2D eigenvalue weighted by Gasteiger charge is 2.44. The number of carbonyl (C=O) groups excluding carboxylic acids is 1. The Labute approximate surface area is 289 Å². The van der Waals surface area contributed by atoms with Crippen molar-refractivity contribution >= 4 is 24.0 Å². The molecular formula is C33H36F6N10O2. The third kappa shape index (κ3) is 8.00. The summed E-state index contributed by atoms with van der Waals surface area (Å²) in [6.45, 7) is 6.49. The second kappa shape index (κ2) is 13.6. The van der Waals surface area contributed by atoms with E-state index in [1.807, 2.05) is 4.90 Å². The van der Waals surface area contributed by atoms with Gasteiger partial charge in [0.2, 0.25) is 0 Å². The van der Waals surface area contributed by atoms with Crippen LogP contribution in [0.3, 0.4) is 0 Å². The van der Waals surface area contributed by atoms with Crippen LogP contribution >= 0.6 is 0 Å². The van der Waals surface area contributed by atoms with Crippen LogP contribution in [-0.4, -0.2) is 104 Å². The number of fused-ring (bicyclic) bond motifs is 1. The van der Waals surface area contributed by atoms with E-state index in [0.717, 1.165) is 18.2 Å². The minimum Gasteiger partial charge on any atom is -0.444 e. The zero-order chi connectivity index (χ0) is 36.7. The van der Waals surface area contributed by atoms with Crippen LogP contribution in [0.15, 0.2) is 80.1 Å². The van der Waals surface area contributed by atoms with E-state index < -0.39 is 47.4 Å². The lowest BCUT2D eigenvalue weighted by atomic mass is 9.84. The zero-order valence-corrected chi connectivity index (χ0v) is 28.0. The monoisotopic (exact) mass is 718 g/mol. The number of aromatic nitrogens is 3. The molecule has 0 spiro atoms. The molecule has 3 aliphatic heterocycles. The number of piperazine rings is 1. The second-order valence-electron chi connectivity index (χ2n) is 13.5. The Hall–Kier alpha value is -5.00. The number of hydrogen-bond acceptors (Lipinski definition) is 10. The molecule has 4 heterocycles. The van der Waals surface area contributed by atoms with E-state index >= 15 is 0 Å². The summed E-state index contributed by atoms with van der Waals surface area (Å²) in [5, 5.41) is 10.4. The minimum absolute atomic E-state index is 0.0149. The summed E-state index contributed by atoms with van der Waals surface area (Å²) in [6.07, 6.45) is -5.55. The lowest BCUT2D eigenvalue weighted by Gasteiger charge is -2.42. The van der Waals surface area contributed by atoms with Gasteiger partial charge in [-0.1, -0.05) is 18.2 Å². The quantitative estimate of drug-likeness (QED) is 0.401. The van der Waals surface area contributed by atoms with Crippen molar-refractivity contribution in [3.63, 3.8) is 0 Å². The van der Waals surface area contributed by atoms with Gasteiger partial charge in [-0.25, -0.2) is 19.8 Å². The van der Waals surface area contributed by atoms with Crippen molar-refractivity contribution in [2.24, 2.45) is 20.7 Å². The third-order valence-corrected chi connectivity index (χ3v) is 8.79. The van der Waals surface area contributed by atoms with E-state index in [1.165, 1.54) is 30.7 Å². The van der Waals surface area contributed by atoms with E-state index in [2.05, 4.69) is 30.4 Å². The van der Waals surface area contributed by atoms with Gasteiger partial charge in [0, 0.05) is 37.8 Å². The smallest absolute Gasteiger partial charge is 0.416 e. The number of amidine groups is 1. The van der Waals surface area contributed by atoms with E-state index in [-0.39, 0.29) is 55.4 Å². The highest BCUT2D eigenvalue weighted by molar-refractivity contribution is 6.45. The lowest BCUT2D eigenvalue weighted by Crippen LogP contribution is -2.54. The van der Waals surface area contributed by atoms with Gasteiger partial charge in [-0.3, -0.25) is 4.90 Å². The normalized spacial score (nSPS) is 22.3. The fourth-order valence-electron chi connectivity index (χ4n) is 6.39. The first-order valence-corrected chi connectivity index (χ1v) is 16.1. The van der Waals surface area contributed by atoms with Crippen LogP contribution in [0.4, 0.5) is 31.1 Å². The van der Waals surface area contributed by atoms with E-state index in [0.29, 0.717) is 29.9 Å². The predicted molar refractivity (Wildman–Crippen MR) is 175 cm³/mol. The number of aliphatic imine (C=N–C) groups is 3. The first-order chi connectivity index (χ1) is 24.0. The molecule has 1 unspecified atom stereocenters. The Kier molecular flexibility index (Phi) is 9.56. The molecule has 0 bridgehead atoms. The molecule has 1 fully saturated rings. The Morgan fingerprint density at radius 2 is 1.73 bits per heavy atom. The highest BCUT2D eigenvalue weighted by atomic mass is 19.4. The molecule has 2 atom stereocenters. The van der Waals surface area contributed by atoms with E-state index in [4.69, 9.17) is 10.5 Å². The maximum atomic E-state index is 14.8. The Morgan fingerprint density at radius 1 is 1.02 bits per heavy atom. The fourth-order valence-corrected chi connectivity index (χ4v) is 6.39. The number of nitrogens with two attached hydrogens (primary N) is 1. The lowest BCUT2D eigenvalue weighted by molar-refractivity contribution is -0.137. The molecule has 4 aliphatic rings. The number of ether oxygens (including phenoxy) is 1. The molecule has 1 saturated heterocycles. The summed E-state index contributed by atoms with van der Waals surface area (Å²) in [4.78, 5) is 30.9. The molecule has 0 radical (unpaired) electrons. The average Bonchev–Trinajstić information content (AvgIpc) is 3.77. The molecular weight excluding hydrogens is 682 g/mol. The maximum absolute atomic E-state index is 14.8. The molecule has 3 N–H and O–H groups in total. The van der Waals surface area contributed by atoms with Crippen LogP contribution < -0.4 is 5.73 Å². The summed E-state index contributed by atoms with van der Waals surface area (Å²) < 4.78 is 89.9. The minimum atomic E-state index is -4.77. The summed E-state index contributed by atoms with van der Waals surface area (Å²) in [5.74, 6) is -0.135. The number of amides is 1. The molecule has 51 heavy (non-hydrogen) atoms. The number of benzene rings is 1. The molecule has 18 heteroatoms. The summed E-state index contributed by atoms with van der Waals surface area (Å²) in [7, 11) is 0. The van der Waals surface area contributed by atoms with Crippen LogP contribution in [0.5, 0.6) is 0 Å². The Balaban J connectivity index is 1.38. The number of allylic oxidation sites excluding steroid dienone is 4. The number of hydrogen-bond donors (Lipinski definition) is 2. The van der Waals surface area contributed by atoms with Crippen molar-refractivity contribution in [2.75, 3.05) is 26.2 Å². The van der Waals surface area contributed by atoms with Crippen molar-refractivity contribution in [3.8, 4) is 0 Å². The zero-order valence-electron chi connectivity index (χ0n) is 28.0. The third-order valence-electron chi connectivity index (χ3n) is 8.79. The van der Waals surface area contributed by atoms with Gasteiger partial charge >= 0.3 is 18.4 Å². The molecule has 1 amide bonds. The Bertz CT molecular complexity index is 1810. The molecule has 1 aromatic carbocycles. The largest absolute Gasteiger partial charge is 0.444 e. The van der Waals surface area contributed by atoms with Crippen molar-refractivity contribution in [1.29, 1.82) is 0 Å². The number of H-pyrrole nitrogens is 1. The van der Waals surface area contributed by atoms with Crippen molar-refractivity contribution < 1.29 is 35.9 Å². The molecule has 12 nitrogen and oxygen atoms in total. The van der Waals surface area contributed by atoms with Gasteiger partial charge in [0.15, 0.2) is 12.0 Å². The van der Waals surface area contributed by atoms with Crippen molar-refractivity contribution in [3.05, 3.63) is 82.0 Å². The predicted octanol–water partition coefficient (Wildman–Crippen LogP) is 5.00. The van der Waals surface area contributed by atoms with Crippen LogP contribution in [0.2, 0.25) is 0 Å². The second-order valence-corrected chi connectivity index (χ2v) is 13.5. The number of halogens is 6. The van der Waals surface area contributed by atoms with Gasteiger partial charge in [0.25, 0.3) is 0 Å². The summed E-state index contributed by atoms with van der Waals surface area (Å²) in [5.41, 5.74) is 5.46. The maximum Gasteiger partial charge on any atom is 0.416 e. The highest BCUT2D eigenvalue weighted by Crippen LogP contribution is 2.43. The molecule has 1 aliphatic carbocycles. The van der Waals surface area contributed by atoms with Crippen LogP contribution in [0, 0.1) is 0 Å². The van der Waals surface area contributed by atoms with Crippen LogP contribution in [-0.2, 0) is 23.9 Å². The summed E-state index contributed by atoms with van der Waals surface area (Å²) in [6, 6.07) is 4.16. The van der Waals surface area contributed by atoms with Crippen molar-refractivity contribution in [1.82, 2.24) is 30.1 Å². The fraction of sp³-hybridized carbons (Fsp3) is 0.455. The molecule has 2 aromatic rings. The number of carbonyl (C=O) groups is 1. The molecule has 272 valence electrons. The Morgan fingerprint density at radius 3 is 2.33 bits per heavy atom. The van der Waals surface area contributed by atoms with Crippen LogP contribution in [0.25, 0.3) is 0 Å². The van der Waals surface area contributed by atoms with Gasteiger partial charge < -0.3 is 20.3 Å². The van der Waals surface area contributed by atoms with E-state index in [1.54, 1.807) is 30.6 Å². The van der Waals surface area contributed by atoms with Gasteiger partial charge in [-0.2, -0.15) is 41.8 Å². The first-order valence-electron chi connectivity index (χ1n) is 16.1. The van der Waals surface area contributed by atoms with E-state index in [9.17, 15) is 31.1 Å². The van der Waals surface area contributed by atoms with Crippen LogP contribution in [0.1, 0.15) is 44.0 Å². The van der Waals surface area contributed by atoms with Crippen molar-refractivity contribution in [2.45, 2.75) is 70.3 Å². The number of rotatable bonds is 6.